The van der Waals surface area contributed by atoms with Gasteiger partial charge in [0.15, 0.2) is 0 Å². The van der Waals surface area contributed by atoms with E-state index in [4.69, 9.17) is 9.84 Å². The molecule has 1 unspecified atom stereocenters. The van der Waals surface area contributed by atoms with Crippen LogP contribution in [0.3, 0.4) is 0 Å². The number of H-pyrrole nitrogens is 1. The molecular weight excluding hydrogens is 409 g/mol. The second-order valence-electron chi connectivity index (χ2n) is 8.91. The Kier molecular flexibility index (Phi) is 5.83. The van der Waals surface area contributed by atoms with Crippen molar-refractivity contribution in [3.63, 3.8) is 0 Å². The molecule has 1 aliphatic heterocycles. The van der Waals surface area contributed by atoms with Crippen molar-refractivity contribution in [3.8, 4) is 11.4 Å². The van der Waals surface area contributed by atoms with Crippen LogP contribution in [-0.4, -0.2) is 33.4 Å². The van der Waals surface area contributed by atoms with Gasteiger partial charge >= 0.3 is 5.97 Å². The number of aliphatic carboxylic acids is 1. The molecule has 5 rings (SSSR count). The standard InChI is InChI=1S/C25H28FN3O3/c26-20-13-16(7-11-19(20)24-28-21-3-1-2-4-22(21)29-24)17-8-12-23(27-14-17)32-18-9-5-15(6-10-18)25(30)31/h7-8,11-15,18,23,27H,1-6,9-10H2,(H,28,29)(H,30,31). The summed E-state index contributed by atoms with van der Waals surface area (Å²) >= 11 is 0. The summed E-state index contributed by atoms with van der Waals surface area (Å²) in [6.07, 6.45) is 12.5. The normalized spacial score (nSPS) is 25.0. The van der Waals surface area contributed by atoms with Crippen LogP contribution in [0.5, 0.6) is 0 Å². The second kappa shape index (κ2) is 8.90. The van der Waals surface area contributed by atoms with Crippen molar-refractivity contribution in [3.05, 3.63) is 59.3 Å². The summed E-state index contributed by atoms with van der Waals surface area (Å²) in [5.74, 6) is -0.646. The van der Waals surface area contributed by atoms with Crippen LogP contribution in [0.15, 0.2) is 36.6 Å². The molecule has 0 amide bonds. The number of aromatic nitrogens is 2. The van der Waals surface area contributed by atoms with E-state index < -0.39 is 5.97 Å². The highest BCUT2D eigenvalue weighted by molar-refractivity contribution is 5.76. The topological polar surface area (TPSA) is 87.2 Å². The lowest BCUT2D eigenvalue weighted by atomic mass is 9.87. The van der Waals surface area contributed by atoms with Crippen LogP contribution in [0.2, 0.25) is 0 Å². The van der Waals surface area contributed by atoms with E-state index in [2.05, 4.69) is 15.3 Å². The van der Waals surface area contributed by atoms with Crippen molar-refractivity contribution in [2.45, 2.75) is 63.7 Å². The van der Waals surface area contributed by atoms with Crippen molar-refractivity contribution in [2.24, 2.45) is 5.92 Å². The van der Waals surface area contributed by atoms with Crippen LogP contribution in [0.1, 0.15) is 55.5 Å². The van der Waals surface area contributed by atoms with E-state index in [-0.39, 0.29) is 24.1 Å². The van der Waals surface area contributed by atoms with Gasteiger partial charge in [-0.2, -0.15) is 0 Å². The van der Waals surface area contributed by atoms with Crippen molar-refractivity contribution < 1.29 is 19.0 Å². The number of aromatic amines is 1. The summed E-state index contributed by atoms with van der Waals surface area (Å²) in [7, 11) is 0. The molecule has 0 saturated heterocycles. The molecule has 3 aliphatic rings. The lowest BCUT2D eigenvalue weighted by Crippen LogP contribution is -2.35. The third-order valence-electron chi connectivity index (χ3n) is 6.73. The Balaban J connectivity index is 1.21. The molecule has 1 atom stereocenters. The van der Waals surface area contributed by atoms with Gasteiger partial charge in [-0.25, -0.2) is 9.37 Å². The van der Waals surface area contributed by atoms with Crippen LogP contribution >= 0.6 is 0 Å². The predicted octanol–water partition coefficient (Wildman–Crippen LogP) is 4.58. The van der Waals surface area contributed by atoms with Gasteiger partial charge in [-0.05, 0) is 80.7 Å². The highest BCUT2D eigenvalue weighted by atomic mass is 19.1. The van der Waals surface area contributed by atoms with E-state index in [9.17, 15) is 9.18 Å². The lowest BCUT2D eigenvalue weighted by Gasteiger charge is -2.30. The number of allylic oxidation sites excluding steroid dienone is 2. The van der Waals surface area contributed by atoms with Gasteiger partial charge in [-0.15, -0.1) is 0 Å². The number of imidazole rings is 1. The van der Waals surface area contributed by atoms with Gasteiger partial charge in [0, 0.05) is 11.9 Å². The number of nitrogens with one attached hydrogen (secondary N) is 2. The zero-order valence-electron chi connectivity index (χ0n) is 17.9. The number of hydrogen-bond acceptors (Lipinski definition) is 4. The number of carboxylic acids is 1. The first-order valence-electron chi connectivity index (χ1n) is 11.5. The average molecular weight is 438 g/mol. The fourth-order valence-corrected chi connectivity index (χ4v) is 4.85. The first kappa shape index (κ1) is 20.9. The van der Waals surface area contributed by atoms with Gasteiger partial charge in [0.25, 0.3) is 0 Å². The van der Waals surface area contributed by atoms with Crippen molar-refractivity contribution in [1.82, 2.24) is 15.3 Å². The number of halogens is 1. The molecule has 32 heavy (non-hydrogen) atoms. The van der Waals surface area contributed by atoms with Gasteiger partial charge in [0.1, 0.15) is 17.9 Å². The summed E-state index contributed by atoms with van der Waals surface area (Å²) in [6, 6.07) is 5.24. The summed E-state index contributed by atoms with van der Waals surface area (Å²) in [4.78, 5) is 19.0. The maximum absolute atomic E-state index is 14.9. The minimum absolute atomic E-state index is 0.0542. The molecule has 168 valence electrons. The third-order valence-corrected chi connectivity index (χ3v) is 6.73. The number of nitrogens with zero attached hydrogens (tertiary/aromatic N) is 1. The van der Waals surface area contributed by atoms with Crippen LogP contribution in [0.4, 0.5) is 4.39 Å². The molecule has 1 saturated carbocycles. The number of carboxylic acid groups (broad SMARTS) is 1. The number of ether oxygens (including phenoxy) is 1. The Labute approximate surface area is 186 Å². The molecule has 1 aromatic heterocycles. The molecule has 0 spiro atoms. The molecule has 6 nitrogen and oxygen atoms in total. The first-order valence-corrected chi connectivity index (χ1v) is 11.5. The summed E-state index contributed by atoms with van der Waals surface area (Å²) in [5.41, 5.74) is 4.36. The smallest absolute Gasteiger partial charge is 0.306 e. The van der Waals surface area contributed by atoms with E-state index in [1.807, 2.05) is 24.4 Å². The third kappa shape index (κ3) is 4.35. The maximum Gasteiger partial charge on any atom is 0.306 e. The van der Waals surface area contributed by atoms with E-state index in [0.29, 0.717) is 24.2 Å². The Morgan fingerprint density at radius 3 is 2.66 bits per heavy atom. The fraction of sp³-hybridized carbons (Fsp3) is 0.440. The van der Waals surface area contributed by atoms with Gasteiger partial charge in [0.2, 0.25) is 0 Å². The predicted molar refractivity (Wildman–Crippen MR) is 119 cm³/mol. The van der Waals surface area contributed by atoms with Crippen molar-refractivity contribution in [1.29, 1.82) is 0 Å². The number of hydrogen-bond donors (Lipinski definition) is 3. The molecule has 1 fully saturated rings. The van der Waals surface area contributed by atoms with E-state index >= 15 is 0 Å². The Morgan fingerprint density at radius 2 is 1.97 bits per heavy atom. The van der Waals surface area contributed by atoms with E-state index in [1.54, 1.807) is 12.1 Å². The number of dihydropyridines is 1. The van der Waals surface area contributed by atoms with Gasteiger partial charge in [-0.1, -0.05) is 12.1 Å². The summed E-state index contributed by atoms with van der Waals surface area (Å²) in [6.45, 7) is 0. The molecule has 1 aromatic carbocycles. The number of benzene rings is 1. The lowest BCUT2D eigenvalue weighted by molar-refractivity contribution is -0.144. The largest absolute Gasteiger partial charge is 0.481 e. The molecule has 7 heteroatoms. The van der Waals surface area contributed by atoms with Crippen LogP contribution in [0, 0.1) is 11.7 Å². The zero-order valence-corrected chi connectivity index (χ0v) is 17.9. The minimum atomic E-state index is -0.711. The van der Waals surface area contributed by atoms with Gasteiger partial charge in [-0.3, -0.25) is 4.79 Å². The van der Waals surface area contributed by atoms with Crippen molar-refractivity contribution in [2.75, 3.05) is 0 Å². The monoisotopic (exact) mass is 437 g/mol. The quantitative estimate of drug-likeness (QED) is 0.637. The van der Waals surface area contributed by atoms with Crippen LogP contribution in [-0.2, 0) is 22.4 Å². The highest BCUT2D eigenvalue weighted by Gasteiger charge is 2.28. The summed E-state index contributed by atoms with van der Waals surface area (Å²) in [5, 5.41) is 12.3. The van der Waals surface area contributed by atoms with E-state index in [0.717, 1.165) is 61.0 Å². The highest BCUT2D eigenvalue weighted by Crippen LogP contribution is 2.30. The van der Waals surface area contributed by atoms with Crippen LogP contribution < -0.4 is 5.32 Å². The number of carbonyl (C=O) groups is 1. The molecule has 3 N–H and O–H groups in total. The molecule has 2 heterocycles. The zero-order chi connectivity index (χ0) is 22.1. The fourth-order valence-electron chi connectivity index (χ4n) is 4.85. The minimum Gasteiger partial charge on any atom is -0.481 e. The Morgan fingerprint density at radius 1 is 1.16 bits per heavy atom. The molecule has 2 aromatic rings. The number of aryl methyl sites for hydroxylation is 2. The molecular formula is C25H28FN3O3. The Bertz CT molecular complexity index is 1040. The Hall–Kier alpha value is -2.93. The molecule has 0 radical (unpaired) electrons. The van der Waals surface area contributed by atoms with Crippen molar-refractivity contribution >= 4 is 11.5 Å². The molecule has 2 aliphatic carbocycles. The average Bonchev–Trinajstić information content (AvgIpc) is 3.24. The van der Waals surface area contributed by atoms with Crippen LogP contribution in [0.25, 0.3) is 17.0 Å². The first-order chi connectivity index (χ1) is 15.6. The second-order valence-corrected chi connectivity index (χ2v) is 8.91. The maximum atomic E-state index is 14.9. The number of rotatable bonds is 5. The molecule has 0 bridgehead atoms. The SMILES string of the molecule is O=C(O)C1CCC(OC2C=CC(c3ccc(-c4nc5c([nH]4)CCCC5)c(F)c3)=CN2)CC1. The summed E-state index contributed by atoms with van der Waals surface area (Å²) < 4.78 is 21.0. The number of fused-ring (bicyclic) bond motifs is 1. The van der Waals surface area contributed by atoms with Gasteiger partial charge in [0.05, 0.1) is 23.3 Å². The van der Waals surface area contributed by atoms with Gasteiger partial charge < -0.3 is 20.1 Å². The van der Waals surface area contributed by atoms with E-state index in [1.165, 1.54) is 0 Å².